The van der Waals surface area contributed by atoms with Gasteiger partial charge in [-0.3, -0.25) is 14.4 Å². The zero-order valence-electron chi connectivity index (χ0n) is 34.8. The summed E-state index contributed by atoms with van der Waals surface area (Å²) in [7, 11) is 0. The van der Waals surface area contributed by atoms with Crippen molar-refractivity contribution in [1.82, 2.24) is 0 Å². The molecule has 0 spiro atoms. The number of rotatable bonds is 41. The van der Waals surface area contributed by atoms with Crippen LogP contribution in [0.2, 0.25) is 0 Å². The van der Waals surface area contributed by atoms with Crippen LogP contribution < -0.4 is 0 Å². The predicted molar refractivity (Wildman–Crippen MR) is 220 cm³/mol. The molecule has 1 unspecified atom stereocenters. The molecule has 0 radical (unpaired) electrons. The summed E-state index contributed by atoms with van der Waals surface area (Å²) in [4.78, 5) is 37.6. The molecule has 0 aromatic carbocycles. The first-order valence-electron chi connectivity index (χ1n) is 22.7. The molecule has 6 heteroatoms. The largest absolute Gasteiger partial charge is 0.462 e. The maximum atomic E-state index is 12.7. The first-order valence-corrected chi connectivity index (χ1v) is 22.7. The first kappa shape index (κ1) is 50.1. The van der Waals surface area contributed by atoms with Gasteiger partial charge in [0.1, 0.15) is 13.2 Å². The Balaban J connectivity index is 4.29. The van der Waals surface area contributed by atoms with Gasteiger partial charge in [-0.25, -0.2) is 0 Å². The van der Waals surface area contributed by atoms with E-state index in [-0.39, 0.29) is 31.1 Å². The van der Waals surface area contributed by atoms with Crippen molar-refractivity contribution >= 4 is 17.9 Å². The van der Waals surface area contributed by atoms with Gasteiger partial charge >= 0.3 is 17.9 Å². The average molecular weight is 735 g/mol. The lowest BCUT2D eigenvalue weighted by Crippen LogP contribution is -2.30. The number of allylic oxidation sites excluding steroid dienone is 2. The number of hydrogen-bond donors (Lipinski definition) is 0. The summed E-state index contributed by atoms with van der Waals surface area (Å²) >= 11 is 0. The lowest BCUT2D eigenvalue weighted by atomic mass is 10.0. The Hall–Kier alpha value is -1.85. The topological polar surface area (TPSA) is 78.9 Å². The number of esters is 3. The molecule has 0 bridgehead atoms. The average Bonchev–Trinajstić information content (AvgIpc) is 3.14. The van der Waals surface area contributed by atoms with Gasteiger partial charge in [0.2, 0.25) is 0 Å². The minimum Gasteiger partial charge on any atom is -0.462 e. The molecule has 0 aliphatic heterocycles. The Kier molecular flexibility index (Phi) is 40.4. The third kappa shape index (κ3) is 39.4. The van der Waals surface area contributed by atoms with Gasteiger partial charge in [0, 0.05) is 19.3 Å². The van der Waals surface area contributed by atoms with Crippen molar-refractivity contribution in [3.8, 4) is 0 Å². The Morgan fingerprint density at radius 1 is 0.365 bits per heavy atom. The number of hydrogen-bond acceptors (Lipinski definition) is 6. The van der Waals surface area contributed by atoms with E-state index < -0.39 is 6.10 Å². The third-order valence-corrected chi connectivity index (χ3v) is 10.0. The Morgan fingerprint density at radius 2 is 0.635 bits per heavy atom. The standard InChI is InChI=1S/C46H86O6/c1-4-7-10-13-16-18-20-22-24-25-27-30-33-36-39-45(48)51-42-43(41-50-44(47)38-35-32-29-15-12-9-6-3)52-46(49)40-37-34-31-28-26-23-21-19-17-14-11-8-5-2/h20,22,43H,4-19,21,23-42H2,1-3H3/b22-20-. The highest BCUT2D eigenvalue weighted by atomic mass is 16.6. The second-order valence-electron chi connectivity index (χ2n) is 15.3. The maximum Gasteiger partial charge on any atom is 0.306 e. The van der Waals surface area contributed by atoms with Gasteiger partial charge in [0.25, 0.3) is 0 Å². The van der Waals surface area contributed by atoms with Crippen molar-refractivity contribution in [3.63, 3.8) is 0 Å². The molecule has 1 atom stereocenters. The van der Waals surface area contributed by atoms with E-state index in [9.17, 15) is 14.4 Å². The second kappa shape index (κ2) is 41.9. The summed E-state index contributed by atoms with van der Waals surface area (Å²) in [5, 5.41) is 0. The van der Waals surface area contributed by atoms with Crippen LogP contribution in [0.25, 0.3) is 0 Å². The number of carbonyl (C=O) groups is 3. The molecule has 52 heavy (non-hydrogen) atoms. The van der Waals surface area contributed by atoms with Gasteiger partial charge in [-0.05, 0) is 44.9 Å². The van der Waals surface area contributed by atoms with Crippen LogP contribution in [0.4, 0.5) is 0 Å². The molecule has 0 aliphatic rings. The lowest BCUT2D eigenvalue weighted by molar-refractivity contribution is -0.167. The highest BCUT2D eigenvalue weighted by Gasteiger charge is 2.19. The Bertz CT molecular complexity index is 809. The van der Waals surface area contributed by atoms with Crippen molar-refractivity contribution in [3.05, 3.63) is 12.2 Å². The van der Waals surface area contributed by atoms with E-state index >= 15 is 0 Å². The van der Waals surface area contributed by atoms with E-state index in [1.807, 2.05) is 0 Å². The molecule has 0 aliphatic carbocycles. The van der Waals surface area contributed by atoms with E-state index in [0.717, 1.165) is 64.2 Å². The summed E-state index contributed by atoms with van der Waals surface area (Å²) in [6.07, 6.45) is 43.4. The minimum absolute atomic E-state index is 0.0692. The molecule has 0 saturated heterocycles. The normalized spacial score (nSPS) is 12.0. The van der Waals surface area contributed by atoms with E-state index in [1.54, 1.807) is 0 Å². The maximum absolute atomic E-state index is 12.7. The van der Waals surface area contributed by atoms with Crippen LogP contribution in [-0.2, 0) is 28.6 Å². The summed E-state index contributed by atoms with van der Waals surface area (Å²) < 4.78 is 16.6. The molecule has 0 N–H and O–H groups in total. The van der Waals surface area contributed by atoms with Crippen molar-refractivity contribution in [2.75, 3.05) is 13.2 Å². The second-order valence-corrected chi connectivity index (χ2v) is 15.3. The van der Waals surface area contributed by atoms with Crippen LogP contribution in [-0.4, -0.2) is 37.2 Å². The fourth-order valence-corrected chi connectivity index (χ4v) is 6.55. The molecule has 306 valence electrons. The summed E-state index contributed by atoms with van der Waals surface area (Å²) in [5.41, 5.74) is 0. The summed E-state index contributed by atoms with van der Waals surface area (Å²) in [6.45, 7) is 6.59. The zero-order chi connectivity index (χ0) is 38.0. The van der Waals surface area contributed by atoms with Crippen LogP contribution >= 0.6 is 0 Å². The number of carbonyl (C=O) groups excluding carboxylic acids is 3. The zero-order valence-corrected chi connectivity index (χ0v) is 34.8. The first-order chi connectivity index (χ1) is 25.5. The summed E-state index contributed by atoms with van der Waals surface area (Å²) in [6, 6.07) is 0. The molecular weight excluding hydrogens is 648 g/mol. The summed E-state index contributed by atoms with van der Waals surface area (Å²) in [5.74, 6) is -0.877. The van der Waals surface area contributed by atoms with Gasteiger partial charge in [0.15, 0.2) is 6.10 Å². The van der Waals surface area contributed by atoms with Gasteiger partial charge in [-0.15, -0.1) is 0 Å². The van der Waals surface area contributed by atoms with E-state index in [4.69, 9.17) is 14.2 Å². The van der Waals surface area contributed by atoms with Crippen LogP contribution in [0.15, 0.2) is 12.2 Å². The lowest BCUT2D eigenvalue weighted by Gasteiger charge is -2.18. The van der Waals surface area contributed by atoms with Crippen LogP contribution in [0, 0.1) is 0 Å². The quantitative estimate of drug-likeness (QED) is 0.0269. The van der Waals surface area contributed by atoms with Crippen molar-refractivity contribution < 1.29 is 28.6 Å². The Morgan fingerprint density at radius 3 is 0.962 bits per heavy atom. The smallest absolute Gasteiger partial charge is 0.306 e. The molecule has 0 rings (SSSR count). The molecule has 0 heterocycles. The molecule has 0 aromatic rings. The molecular formula is C46H86O6. The van der Waals surface area contributed by atoms with E-state index in [2.05, 4.69) is 32.9 Å². The fourth-order valence-electron chi connectivity index (χ4n) is 6.55. The molecule has 6 nitrogen and oxygen atoms in total. The van der Waals surface area contributed by atoms with Gasteiger partial charge in [-0.1, -0.05) is 193 Å². The van der Waals surface area contributed by atoms with Crippen molar-refractivity contribution in [1.29, 1.82) is 0 Å². The van der Waals surface area contributed by atoms with E-state index in [0.29, 0.717) is 19.3 Å². The fraction of sp³-hybridized carbons (Fsp3) is 0.891. The number of unbranched alkanes of at least 4 members (excludes halogenated alkanes) is 28. The highest BCUT2D eigenvalue weighted by molar-refractivity contribution is 5.71. The van der Waals surface area contributed by atoms with Gasteiger partial charge in [0.05, 0.1) is 0 Å². The monoisotopic (exact) mass is 735 g/mol. The Labute approximate surface area is 322 Å². The van der Waals surface area contributed by atoms with Crippen molar-refractivity contribution in [2.45, 2.75) is 252 Å². The number of ether oxygens (including phenoxy) is 3. The van der Waals surface area contributed by atoms with Gasteiger partial charge in [-0.2, -0.15) is 0 Å². The molecule has 0 fully saturated rings. The highest BCUT2D eigenvalue weighted by Crippen LogP contribution is 2.15. The predicted octanol–water partition coefficient (Wildman–Crippen LogP) is 14.3. The third-order valence-electron chi connectivity index (χ3n) is 10.0. The van der Waals surface area contributed by atoms with Crippen LogP contribution in [0.5, 0.6) is 0 Å². The SMILES string of the molecule is CCCCCCC/C=C\CCCCCCCC(=O)OCC(COC(=O)CCCCCCCCC)OC(=O)CCCCCCCCCCCCCCC. The van der Waals surface area contributed by atoms with Crippen LogP contribution in [0.1, 0.15) is 245 Å². The van der Waals surface area contributed by atoms with E-state index in [1.165, 1.54) is 141 Å². The molecule has 0 amide bonds. The van der Waals surface area contributed by atoms with Gasteiger partial charge < -0.3 is 14.2 Å². The molecule has 0 aromatic heterocycles. The van der Waals surface area contributed by atoms with Crippen LogP contribution in [0.3, 0.4) is 0 Å². The van der Waals surface area contributed by atoms with Crippen molar-refractivity contribution in [2.24, 2.45) is 0 Å². The molecule has 0 saturated carbocycles. The minimum atomic E-state index is -0.763.